The van der Waals surface area contributed by atoms with E-state index >= 15 is 0 Å². The molecule has 1 aromatic carbocycles. The number of hydrogen-bond donors (Lipinski definition) is 0. The maximum atomic E-state index is 13.1. The lowest BCUT2D eigenvalue weighted by Gasteiger charge is -2.35. The smallest absolute Gasteiger partial charge is 0.255 e. The van der Waals surface area contributed by atoms with Gasteiger partial charge in [0.15, 0.2) is 0 Å². The summed E-state index contributed by atoms with van der Waals surface area (Å²) >= 11 is 5.99. The molecule has 1 saturated heterocycles. The molecule has 0 spiro atoms. The number of nitrogens with zero attached hydrogens (tertiary/aromatic N) is 4. The minimum absolute atomic E-state index is 0.139. The summed E-state index contributed by atoms with van der Waals surface area (Å²) in [5.74, 6) is 0.0636. The van der Waals surface area contributed by atoms with Crippen molar-refractivity contribution in [1.82, 2.24) is 14.9 Å². The Morgan fingerprint density at radius 1 is 1.08 bits per heavy atom. The van der Waals surface area contributed by atoms with Gasteiger partial charge in [0.05, 0.1) is 10.6 Å². The number of hydrogen-bond acceptors (Lipinski definition) is 4. The molecular formula is C17H18ClFN4O. The highest BCUT2D eigenvalue weighted by atomic mass is 35.5. The Hall–Kier alpha value is -2.21. The van der Waals surface area contributed by atoms with Crippen LogP contribution in [0.15, 0.2) is 24.3 Å². The maximum Gasteiger partial charge on any atom is 0.255 e. The number of carbonyl (C=O) groups excluding carboxylic acids is 1. The lowest BCUT2D eigenvalue weighted by molar-refractivity contribution is 0.0746. The molecule has 1 aromatic heterocycles. The van der Waals surface area contributed by atoms with E-state index in [1.54, 1.807) is 4.90 Å². The lowest BCUT2D eigenvalue weighted by Crippen LogP contribution is -2.49. The Kier molecular flexibility index (Phi) is 4.66. The zero-order chi connectivity index (χ0) is 17.3. The standard InChI is InChI=1S/C17H18ClFN4O/c1-11-9-12(2)21-17(20-11)23-7-5-22(6-8-23)16(24)14-4-3-13(19)10-15(14)18/h3-4,9-10H,5-8H2,1-2H3. The molecule has 7 heteroatoms. The molecule has 1 aliphatic rings. The van der Waals surface area contributed by atoms with Crippen molar-refractivity contribution in [3.8, 4) is 0 Å². The second kappa shape index (κ2) is 6.73. The topological polar surface area (TPSA) is 49.3 Å². The van der Waals surface area contributed by atoms with Gasteiger partial charge in [0.1, 0.15) is 5.82 Å². The molecule has 0 saturated carbocycles. The van der Waals surface area contributed by atoms with Crippen LogP contribution in [0.3, 0.4) is 0 Å². The van der Waals surface area contributed by atoms with Crippen LogP contribution in [0.5, 0.6) is 0 Å². The molecule has 2 heterocycles. The van der Waals surface area contributed by atoms with Crippen LogP contribution in [0.1, 0.15) is 21.7 Å². The van der Waals surface area contributed by atoms with Gasteiger partial charge in [0.25, 0.3) is 5.91 Å². The highest BCUT2D eigenvalue weighted by Gasteiger charge is 2.25. The monoisotopic (exact) mass is 348 g/mol. The molecule has 1 aliphatic heterocycles. The summed E-state index contributed by atoms with van der Waals surface area (Å²) in [4.78, 5) is 25.3. The molecule has 1 amide bonds. The van der Waals surface area contributed by atoms with Crippen molar-refractivity contribution in [3.05, 3.63) is 52.1 Å². The minimum Gasteiger partial charge on any atom is -0.337 e. The van der Waals surface area contributed by atoms with Crippen molar-refractivity contribution >= 4 is 23.5 Å². The van der Waals surface area contributed by atoms with Gasteiger partial charge in [-0.05, 0) is 38.1 Å². The zero-order valence-corrected chi connectivity index (χ0v) is 14.3. The van der Waals surface area contributed by atoms with E-state index in [2.05, 4.69) is 14.9 Å². The van der Waals surface area contributed by atoms with Gasteiger partial charge in [0, 0.05) is 37.6 Å². The van der Waals surface area contributed by atoms with Crippen LogP contribution in [-0.4, -0.2) is 47.0 Å². The van der Waals surface area contributed by atoms with Gasteiger partial charge in [-0.25, -0.2) is 14.4 Å². The maximum absolute atomic E-state index is 13.1. The average molecular weight is 349 g/mol. The highest BCUT2D eigenvalue weighted by Crippen LogP contribution is 2.20. The van der Waals surface area contributed by atoms with Crippen LogP contribution in [0.2, 0.25) is 5.02 Å². The first-order valence-electron chi connectivity index (χ1n) is 7.75. The third kappa shape index (κ3) is 3.48. The fraction of sp³-hybridized carbons (Fsp3) is 0.353. The second-order valence-corrected chi connectivity index (χ2v) is 6.26. The van der Waals surface area contributed by atoms with E-state index in [1.807, 2.05) is 19.9 Å². The molecule has 0 N–H and O–H groups in total. The van der Waals surface area contributed by atoms with Crippen LogP contribution >= 0.6 is 11.6 Å². The van der Waals surface area contributed by atoms with E-state index in [-0.39, 0.29) is 10.9 Å². The molecule has 0 aliphatic carbocycles. The first-order valence-corrected chi connectivity index (χ1v) is 8.13. The van der Waals surface area contributed by atoms with Gasteiger partial charge in [0.2, 0.25) is 5.95 Å². The van der Waals surface area contributed by atoms with Crippen LogP contribution in [-0.2, 0) is 0 Å². The molecule has 1 fully saturated rings. The molecule has 0 radical (unpaired) electrons. The zero-order valence-electron chi connectivity index (χ0n) is 13.6. The summed E-state index contributed by atoms with van der Waals surface area (Å²) in [6, 6.07) is 5.77. The largest absolute Gasteiger partial charge is 0.337 e. The molecule has 5 nitrogen and oxygen atoms in total. The molecule has 24 heavy (non-hydrogen) atoms. The number of aryl methyl sites for hydroxylation is 2. The number of amides is 1. The second-order valence-electron chi connectivity index (χ2n) is 5.85. The van der Waals surface area contributed by atoms with Gasteiger partial charge in [-0.2, -0.15) is 0 Å². The van der Waals surface area contributed by atoms with Crippen molar-refractivity contribution in [1.29, 1.82) is 0 Å². The van der Waals surface area contributed by atoms with Gasteiger partial charge >= 0.3 is 0 Å². The predicted molar refractivity (Wildman–Crippen MR) is 91.0 cm³/mol. The number of piperazine rings is 1. The Balaban J connectivity index is 1.69. The van der Waals surface area contributed by atoms with Gasteiger partial charge in [-0.3, -0.25) is 4.79 Å². The van der Waals surface area contributed by atoms with E-state index in [4.69, 9.17) is 11.6 Å². The molecule has 0 bridgehead atoms. The Morgan fingerprint density at radius 2 is 1.71 bits per heavy atom. The average Bonchev–Trinajstić information content (AvgIpc) is 2.53. The van der Waals surface area contributed by atoms with Crippen molar-refractivity contribution in [2.24, 2.45) is 0 Å². The quantitative estimate of drug-likeness (QED) is 0.837. The lowest BCUT2D eigenvalue weighted by atomic mass is 10.1. The third-order valence-corrected chi connectivity index (χ3v) is 4.29. The molecule has 126 valence electrons. The van der Waals surface area contributed by atoms with E-state index in [0.717, 1.165) is 17.5 Å². The van der Waals surface area contributed by atoms with E-state index in [9.17, 15) is 9.18 Å². The molecule has 0 atom stereocenters. The number of carbonyl (C=O) groups is 1. The summed E-state index contributed by atoms with van der Waals surface area (Å²) in [7, 11) is 0. The van der Waals surface area contributed by atoms with Gasteiger partial charge < -0.3 is 9.80 Å². The Morgan fingerprint density at radius 3 is 2.29 bits per heavy atom. The normalized spacial score (nSPS) is 14.8. The summed E-state index contributed by atoms with van der Waals surface area (Å²) in [6.45, 7) is 6.26. The Bertz CT molecular complexity index is 755. The van der Waals surface area contributed by atoms with Crippen molar-refractivity contribution in [3.63, 3.8) is 0 Å². The minimum atomic E-state index is -0.451. The van der Waals surface area contributed by atoms with Gasteiger partial charge in [-0.15, -0.1) is 0 Å². The SMILES string of the molecule is Cc1cc(C)nc(N2CCN(C(=O)c3ccc(F)cc3Cl)CC2)n1. The van der Waals surface area contributed by atoms with E-state index in [0.29, 0.717) is 37.7 Å². The predicted octanol–water partition coefficient (Wildman–Crippen LogP) is 2.85. The van der Waals surface area contributed by atoms with Crippen LogP contribution < -0.4 is 4.90 Å². The van der Waals surface area contributed by atoms with Crippen molar-refractivity contribution in [2.75, 3.05) is 31.1 Å². The first-order chi connectivity index (χ1) is 11.4. The number of anilines is 1. The van der Waals surface area contributed by atoms with E-state index < -0.39 is 5.82 Å². The third-order valence-electron chi connectivity index (χ3n) is 3.98. The van der Waals surface area contributed by atoms with Crippen LogP contribution in [0.4, 0.5) is 10.3 Å². The highest BCUT2D eigenvalue weighted by molar-refractivity contribution is 6.33. The molecule has 0 unspecified atom stereocenters. The first kappa shape index (κ1) is 16.6. The fourth-order valence-electron chi connectivity index (χ4n) is 2.79. The molecule has 2 aromatic rings. The van der Waals surface area contributed by atoms with E-state index in [1.165, 1.54) is 12.1 Å². The summed E-state index contributed by atoms with van der Waals surface area (Å²) in [6.07, 6.45) is 0. The Labute approximate surface area is 145 Å². The number of halogens is 2. The summed E-state index contributed by atoms with van der Waals surface area (Å²) in [5, 5.41) is 0.139. The summed E-state index contributed by atoms with van der Waals surface area (Å²) < 4.78 is 13.1. The summed E-state index contributed by atoms with van der Waals surface area (Å²) in [5.41, 5.74) is 2.18. The molecular weight excluding hydrogens is 331 g/mol. The number of rotatable bonds is 2. The molecule has 3 rings (SSSR count). The van der Waals surface area contributed by atoms with Crippen molar-refractivity contribution in [2.45, 2.75) is 13.8 Å². The fourth-order valence-corrected chi connectivity index (χ4v) is 3.04. The van der Waals surface area contributed by atoms with Gasteiger partial charge in [-0.1, -0.05) is 11.6 Å². The number of benzene rings is 1. The van der Waals surface area contributed by atoms with Crippen LogP contribution in [0.25, 0.3) is 0 Å². The number of aromatic nitrogens is 2. The van der Waals surface area contributed by atoms with Crippen LogP contribution in [0, 0.1) is 19.7 Å². The van der Waals surface area contributed by atoms with Crippen molar-refractivity contribution < 1.29 is 9.18 Å².